The minimum absolute atomic E-state index is 0.00253. The number of carboxylic acid groups (broad SMARTS) is 1. The maximum atomic E-state index is 11.4. The van der Waals surface area contributed by atoms with Gasteiger partial charge in [0.1, 0.15) is 17.1 Å². The van der Waals surface area contributed by atoms with Crippen molar-refractivity contribution in [2.75, 3.05) is 25.0 Å². The van der Waals surface area contributed by atoms with Crippen LogP contribution in [0.2, 0.25) is 0 Å². The predicted octanol–water partition coefficient (Wildman–Crippen LogP) is 6.71. The number of nitriles is 1. The van der Waals surface area contributed by atoms with Crippen LogP contribution in [0.4, 0.5) is 11.5 Å². The Balaban J connectivity index is 1.17. The van der Waals surface area contributed by atoms with Crippen LogP contribution < -0.4 is 10.6 Å². The summed E-state index contributed by atoms with van der Waals surface area (Å²) in [6.07, 6.45) is 4.23. The number of hydrogen-bond acceptors (Lipinski definition) is 10. The lowest BCUT2D eigenvalue weighted by Crippen LogP contribution is -2.28. The zero-order valence-corrected chi connectivity index (χ0v) is 28.8. The lowest BCUT2D eigenvalue weighted by Gasteiger charge is -2.16. The van der Waals surface area contributed by atoms with Crippen LogP contribution in [0.15, 0.2) is 77.5 Å². The number of aliphatic hydroxyl groups excluding tert-OH is 1. The first-order valence-corrected chi connectivity index (χ1v) is 17.1. The summed E-state index contributed by atoms with van der Waals surface area (Å²) in [6.45, 7) is 8.46. The summed E-state index contributed by atoms with van der Waals surface area (Å²) in [5, 5.41) is 36.5. The van der Waals surface area contributed by atoms with Crippen LogP contribution >= 0.6 is 0 Å². The Hall–Kier alpha value is -5.67. The van der Waals surface area contributed by atoms with Crippen molar-refractivity contribution < 1.29 is 19.4 Å². The van der Waals surface area contributed by atoms with Crippen molar-refractivity contribution >= 4 is 39.5 Å². The molecule has 0 radical (unpaired) electrons. The first-order chi connectivity index (χ1) is 24.7. The van der Waals surface area contributed by atoms with Gasteiger partial charge in [0.2, 0.25) is 5.89 Å². The van der Waals surface area contributed by atoms with Crippen LogP contribution in [0.3, 0.4) is 0 Å². The van der Waals surface area contributed by atoms with Gasteiger partial charge in [-0.3, -0.25) is 14.7 Å². The van der Waals surface area contributed by atoms with E-state index < -0.39 is 5.97 Å². The van der Waals surface area contributed by atoms with Crippen molar-refractivity contribution in [2.45, 2.75) is 46.3 Å². The summed E-state index contributed by atoms with van der Waals surface area (Å²) in [4.78, 5) is 27.8. The van der Waals surface area contributed by atoms with Crippen molar-refractivity contribution in [3.05, 3.63) is 101 Å². The Labute approximate surface area is 295 Å². The Morgan fingerprint density at radius 2 is 1.84 bits per heavy atom. The highest BCUT2D eigenvalue weighted by Gasteiger charge is 2.28. The molecule has 0 aliphatic carbocycles. The number of nitrogens with one attached hydrogen (secondary N) is 2. The molecule has 3 aromatic carbocycles. The molecular formula is C40H39N7O4. The molecule has 11 heteroatoms. The number of oxazole rings is 1. The first kappa shape index (κ1) is 33.8. The van der Waals surface area contributed by atoms with Crippen LogP contribution in [-0.4, -0.2) is 61.8 Å². The molecule has 1 aliphatic heterocycles. The van der Waals surface area contributed by atoms with Crippen molar-refractivity contribution in [1.82, 2.24) is 25.2 Å². The highest BCUT2D eigenvalue weighted by molar-refractivity contribution is 5.91. The van der Waals surface area contributed by atoms with Gasteiger partial charge in [0.25, 0.3) is 0 Å². The minimum atomic E-state index is -0.768. The number of likely N-dealkylation sites (tertiary alicyclic amines) is 1. The molecular weight excluding hydrogens is 642 g/mol. The maximum Gasteiger partial charge on any atom is 0.307 e. The average molecular weight is 682 g/mol. The fourth-order valence-corrected chi connectivity index (χ4v) is 6.82. The number of aromatic nitrogens is 3. The van der Waals surface area contributed by atoms with Gasteiger partial charge in [0.15, 0.2) is 11.4 Å². The van der Waals surface area contributed by atoms with Crippen LogP contribution in [0, 0.1) is 31.1 Å². The van der Waals surface area contributed by atoms with E-state index in [9.17, 15) is 20.3 Å². The summed E-state index contributed by atoms with van der Waals surface area (Å²) in [7, 11) is 0. The average Bonchev–Trinajstić information content (AvgIpc) is 3.79. The first-order valence-electron chi connectivity index (χ1n) is 17.1. The number of nitrogens with zero attached hydrogens (tertiary/aromatic N) is 5. The fourth-order valence-electron chi connectivity index (χ4n) is 6.82. The van der Waals surface area contributed by atoms with E-state index in [4.69, 9.17) is 14.4 Å². The normalized spacial score (nSPS) is 15.3. The van der Waals surface area contributed by atoms with Gasteiger partial charge >= 0.3 is 5.97 Å². The predicted molar refractivity (Wildman–Crippen MR) is 196 cm³/mol. The zero-order chi connectivity index (χ0) is 35.6. The van der Waals surface area contributed by atoms with E-state index in [1.165, 1.54) is 0 Å². The van der Waals surface area contributed by atoms with Gasteiger partial charge in [-0.1, -0.05) is 24.3 Å². The molecule has 0 unspecified atom stereocenters. The van der Waals surface area contributed by atoms with Gasteiger partial charge in [-0.05, 0) is 104 Å². The molecule has 4 heterocycles. The van der Waals surface area contributed by atoms with Crippen LogP contribution in [0.1, 0.15) is 41.2 Å². The molecule has 6 aromatic rings. The number of carboxylic acids is 1. The quantitative estimate of drug-likeness (QED) is 0.115. The number of carbonyl (C=O) groups is 1. The van der Waals surface area contributed by atoms with Gasteiger partial charge in [-0.15, -0.1) is 0 Å². The second-order valence-corrected chi connectivity index (χ2v) is 13.3. The van der Waals surface area contributed by atoms with Gasteiger partial charge in [-0.25, -0.2) is 9.97 Å². The molecule has 1 aliphatic rings. The number of rotatable bonds is 11. The van der Waals surface area contributed by atoms with Gasteiger partial charge < -0.3 is 25.3 Å². The number of hydrogen-bond donors (Lipinski definition) is 4. The number of benzene rings is 3. The third-order valence-electron chi connectivity index (χ3n) is 9.72. The second kappa shape index (κ2) is 14.3. The summed E-state index contributed by atoms with van der Waals surface area (Å²) in [5.41, 5.74) is 9.95. The molecule has 1 saturated heterocycles. The standard InChI is InChI=1S/C40H39N7O4/c1-23(22-48)43-18-27-15-28-10-12-42-38(36(28)44-19-27)45-34-9-5-7-32(25(34)3)31-6-4-8-33(24(31)2)39-46-35-16-26(14-30(17-41)37(35)51-39)20-47-13-11-29(21-47)40(49)50/h4-10,12,14-16,19,23,29,43,48H,11,13,18,20-22H2,1-3H3,(H,42,45)(H,49,50)/t23-,29-/m1/s1. The fraction of sp³-hybridized carbons (Fsp3) is 0.275. The Bertz CT molecular complexity index is 2310. The third kappa shape index (κ3) is 6.90. The number of aliphatic carboxylic acids is 1. The van der Waals surface area contributed by atoms with Gasteiger partial charge in [-0.2, -0.15) is 5.26 Å². The van der Waals surface area contributed by atoms with Crippen molar-refractivity contribution in [1.29, 1.82) is 5.26 Å². The number of anilines is 2. The van der Waals surface area contributed by atoms with E-state index >= 15 is 0 Å². The van der Waals surface area contributed by atoms with E-state index in [-0.39, 0.29) is 18.6 Å². The lowest BCUT2D eigenvalue weighted by molar-refractivity contribution is -0.141. The number of fused-ring (bicyclic) bond motifs is 2. The minimum Gasteiger partial charge on any atom is -0.481 e. The third-order valence-corrected chi connectivity index (χ3v) is 9.72. The molecule has 1 fully saturated rings. The second-order valence-electron chi connectivity index (χ2n) is 13.3. The molecule has 0 amide bonds. The summed E-state index contributed by atoms with van der Waals surface area (Å²) in [6, 6.07) is 22.2. The largest absolute Gasteiger partial charge is 0.481 e. The number of aliphatic hydroxyl groups is 1. The van der Waals surface area contributed by atoms with Crippen molar-refractivity contribution in [3.63, 3.8) is 0 Å². The molecule has 3 aromatic heterocycles. The van der Waals surface area contributed by atoms with E-state index in [0.29, 0.717) is 61.0 Å². The molecule has 51 heavy (non-hydrogen) atoms. The van der Waals surface area contributed by atoms with E-state index in [1.54, 1.807) is 6.20 Å². The Morgan fingerprint density at radius 1 is 1.06 bits per heavy atom. The van der Waals surface area contributed by atoms with E-state index in [1.807, 2.05) is 62.5 Å². The molecule has 7 rings (SSSR count). The SMILES string of the molecule is Cc1c(Nc2nccc3cc(CN[C@H](C)CO)cnc23)cccc1-c1cccc(-c2nc3cc(CN4CC[C@@H](C(=O)O)C4)cc(C#N)c3o2)c1C. The van der Waals surface area contributed by atoms with Crippen LogP contribution in [-0.2, 0) is 17.9 Å². The Kier molecular flexibility index (Phi) is 9.47. The van der Waals surface area contributed by atoms with Gasteiger partial charge in [0.05, 0.1) is 18.1 Å². The lowest BCUT2D eigenvalue weighted by atomic mass is 9.93. The zero-order valence-electron chi connectivity index (χ0n) is 28.8. The number of pyridine rings is 2. The topological polar surface area (TPSA) is 160 Å². The van der Waals surface area contributed by atoms with Crippen molar-refractivity contribution in [2.24, 2.45) is 5.92 Å². The van der Waals surface area contributed by atoms with Crippen molar-refractivity contribution in [3.8, 4) is 28.7 Å². The maximum absolute atomic E-state index is 11.4. The molecule has 0 bridgehead atoms. The molecule has 0 spiro atoms. The van der Waals surface area contributed by atoms with Crippen LogP contribution in [0.5, 0.6) is 0 Å². The van der Waals surface area contributed by atoms with Gasteiger partial charge in [0, 0.05) is 54.7 Å². The monoisotopic (exact) mass is 681 g/mol. The summed E-state index contributed by atoms with van der Waals surface area (Å²) in [5.74, 6) is -0.0418. The molecule has 258 valence electrons. The van der Waals surface area contributed by atoms with Crippen LogP contribution in [0.25, 0.3) is 44.6 Å². The van der Waals surface area contributed by atoms with E-state index in [2.05, 4.69) is 51.7 Å². The molecule has 11 nitrogen and oxygen atoms in total. The molecule has 0 saturated carbocycles. The smallest absolute Gasteiger partial charge is 0.307 e. The summed E-state index contributed by atoms with van der Waals surface area (Å²) < 4.78 is 6.27. The highest BCUT2D eigenvalue weighted by Crippen LogP contribution is 2.38. The van der Waals surface area contributed by atoms with E-state index in [0.717, 1.165) is 55.5 Å². The Morgan fingerprint density at radius 3 is 2.61 bits per heavy atom. The molecule has 2 atom stereocenters. The summed E-state index contributed by atoms with van der Waals surface area (Å²) >= 11 is 0. The highest BCUT2D eigenvalue weighted by atomic mass is 16.4. The molecule has 4 N–H and O–H groups in total.